The van der Waals surface area contributed by atoms with E-state index in [9.17, 15) is 15.3 Å². The SMILES string of the molecule is C[C@@H]1c2ccc3c(c2[C@@]2(O)C[C@H]4CC[C@@H]1N2C4)C[C@H]1[C@H]3C[C@@H](O)[C@H]2C[C@@H](O)CC[C@@]21C. The van der Waals surface area contributed by atoms with Gasteiger partial charge < -0.3 is 15.3 Å². The highest BCUT2D eigenvalue weighted by Gasteiger charge is 2.61. The summed E-state index contributed by atoms with van der Waals surface area (Å²) in [4.78, 5) is 2.47. The molecule has 0 amide bonds. The molecule has 4 heteroatoms. The summed E-state index contributed by atoms with van der Waals surface area (Å²) in [6, 6.07) is 5.18. The van der Waals surface area contributed by atoms with Crippen LogP contribution in [-0.4, -0.2) is 45.0 Å². The van der Waals surface area contributed by atoms with Crippen molar-refractivity contribution in [3.8, 4) is 0 Å². The number of piperidine rings is 1. The highest BCUT2D eigenvalue weighted by molar-refractivity contribution is 5.53. The summed E-state index contributed by atoms with van der Waals surface area (Å²) in [7, 11) is 0. The molecule has 1 aromatic carbocycles. The van der Waals surface area contributed by atoms with Crippen molar-refractivity contribution in [2.24, 2.45) is 23.2 Å². The Kier molecular flexibility index (Phi) is 3.86. The van der Waals surface area contributed by atoms with Gasteiger partial charge in [0.05, 0.1) is 12.2 Å². The van der Waals surface area contributed by atoms with E-state index in [1.165, 1.54) is 35.1 Å². The molecule has 3 N–H and O–H groups in total. The fourth-order valence-electron chi connectivity index (χ4n) is 9.64. The molecule has 31 heavy (non-hydrogen) atoms. The summed E-state index contributed by atoms with van der Waals surface area (Å²) in [5, 5.41) is 33.7. The molecule has 1 aromatic rings. The summed E-state index contributed by atoms with van der Waals surface area (Å²) in [5.41, 5.74) is 4.78. The van der Waals surface area contributed by atoms with Crippen molar-refractivity contribution in [2.45, 2.75) is 101 Å². The first-order valence-corrected chi connectivity index (χ1v) is 12.8. The summed E-state index contributed by atoms with van der Waals surface area (Å²) >= 11 is 0. The Morgan fingerprint density at radius 1 is 1.03 bits per heavy atom. The number of nitrogens with zero attached hydrogens (tertiary/aromatic N) is 1. The molecule has 0 aromatic heterocycles. The van der Waals surface area contributed by atoms with Gasteiger partial charge in [0.25, 0.3) is 0 Å². The van der Waals surface area contributed by atoms with E-state index < -0.39 is 5.72 Å². The number of hydrogen-bond acceptors (Lipinski definition) is 4. The van der Waals surface area contributed by atoms with Crippen LogP contribution in [0.4, 0.5) is 0 Å². The van der Waals surface area contributed by atoms with E-state index in [2.05, 4.69) is 30.9 Å². The predicted molar refractivity (Wildman–Crippen MR) is 119 cm³/mol. The first-order valence-electron chi connectivity index (χ1n) is 12.8. The van der Waals surface area contributed by atoms with Crippen LogP contribution in [0, 0.1) is 23.2 Å². The normalized spacial score (nSPS) is 52.3. The molecule has 10 atom stereocenters. The molecular formula is C27H37NO3. The predicted octanol–water partition coefficient (Wildman–Crippen LogP) is 3.62. The Hall–Kier alpha value is -0.940. The lowest BCUT2D eigenvalue weighted by Crippen LogP contribution is -2.54. The van der Waals surface area contributed by atoms with Gasteiger partial charge in [-0.25, -0.2) is 0 Å². The number of aliphatic hydroxyl groups excluding tert-OH is 2. The number of hydrogen-bond donors (Lipinski definition) is 3. The minimum atomic E-state index is -0.784. The fourth-order valence-corrected chi connectivity index (χ4v) is 9.64. The topological polar surface area (TPSA) is 63.9 Å². The smallest absolute Gasteiger partial charge is 0.145 e. The third kappa shape index (κ3) is 2.31. The minimum absolute atomic E-state index is 0.0742. The van der Waals surface area contributed by atoms with Crippen molar-refractivity contribution in [1.29, 1.82) is 0 Å². The summed E-state index contributed by atoms with van der Waals surface area (Å²) in [5.74, 6) is 2.20. The van der Waals surface area contributed by atoms with Gasteiger partial charge in [-0.15, -0.1) is 0 Å². The van der Waals surface area contributed by atoms with Crippen LogP contribution < -0.4 is 0 Å². The summed E-state index contributed by atoms with van der Waals surface area (Å²) in [6.45, 7) is 5.82. The number of rotatable bonds is 0. The van der Waals surface area contributed by atoms with Crippen LogP contribution in [0.5, 0.6) is 0 Å². The molecule has 0 unspecified atom stereocenters. The van der Waals surface area contributed by atoms with E-state index in [0.717, 1.165) is 45.1 Å². The molecule has 4 nitrogen and oxygen atoms in total. The van der Waals surface area contributed by atoms with Gasteiger partial charge in [-0.3, -0.25) is 4.90 Å². The maximum absolute atomic E-state index is 12.2. The first-order chi connectivity index (χ1) is 14.8. The van der Waals surface area contributed by atoms with Crippen molar-refractivity contribution in [1.82, 2.24) is 4.90 Å². The lowest BCUT2D eigenvalue weighted by Gasteiger charge is -2.55. The molecule has 168 valence electrons. The van der Waals surface area contributed by atoms with Crippen LogP contribution in [0.15, 0.2) is 12.1 Å². The summed E-state index contributed by atoms with van der Waals surface area (Å²) in [6.07, 6.45) is 7.22. The van der Waals surface area contributed by atoms with Crippen LogP contribution in [0.1, 0.15) is 92.9 Å². The maximum atomic E-state index is 12.2. The summed E-state index contributed by atoms with van der Waals surface area (Å²) < 4.78 is 0. The van der Waals surface area contributed by atoms with Crippen LogP contribution in [0.2, 0.25) is 0 Å². The van der Waals surface area contributed by atoms with Gasteiger partial charge in [-0.05, 0) is 103 Å². The van der Waals surface area contributed by atoms with E-state index in [4.69, 9.17) is 0 Å². The van der Waals surface area contributed by atoms with Crippen LogP contribution in [0.3, 0.4) is 0 Å². The van der Waals surface area contributed by atoms with Crippen molar-refractivity contribution >= 4 is 0 Å². The molecule has 3 heterocycles. The third-order valence-electron chi connectivity index (χ3n) is 11.1. The molecule has 3 aliphatic heterocycles. The Balaban J connectivity index is 1.37. The Labute approximate surface area is 185 Å². The minimum Gasteiger partial charge on any atom is -0.393 e. The molecule has 2 saturated heterocycles. The highest BCUT2D eigenvalue weighted by Crippen LogP contribution is 2.64. The molecule has 0 radical (unpaired) electrons. The molecule has 3 aliphatic carbocycles. The zero-order valence-corrected chi connectivity index (χ0v) is 18.9. The average Bonchev–Trinajstić information content (AvgIpc) is 3.25. The Bertz CT molecular complexity index is 947. The molecule has 2 saturated carbocycles. The Morgan fingerprint density at radius 2 is 1.84 bits per heavy atom. The van der Waals surface area contributed by atoms with E-state index in [1.54, 1.807) is 0 Å². The number of aliphatic hydroxyl groups is 3. The van der Waals surface area contributed by atoms with Gasteiger partial charge in [0.1, 0.15) is 5.72 Å². The van der Waals surface area contributed by atoms with E-state index in [0.29, 0.717) is 29.7 Å². The maximum Gasteiger partial charge on any atom is 0.145 e. The van der Waals surface area contributed by atoms with E-state index in [1.807, 2.05) is 0 Å². The Morgan fingerprint density at radius 3 is 2.68 bits per heavy atom. The number of benzene rings is 1. The highest BCUT2D eigenvalue weighted by atomic mass is 16.3. The van der Waals surface area contributed by atoms with Crippen molar-refractivity contribution in [3.63, 3.8) is 0 Å². The lowest BCUT2D eigenvalue weighted by atomic mass is 9.51. The van der Waals surface area contributed by atoms with Gasteiger partial charge in [-0.1, -0.05) is 26.0 Å². The second-order valence-corrected chi connectivity index (χ2v) is 12.3. The van der Waals surface area contributed by atoms with E-state index >= 15 is 0 Å². The van der Waals surface area contributed by atoms with Crippen molar-refractivity contribution in [2.75, 3.05) is 6.54 Å². The standard InChI is InChI=1S/C27H37NO3/c1-14-17-4-5-18-19-11-24(30)22-9-16(29)7-8-26(22,2)21(19)10-20(18)25(17)27(31)12-15-3-6-23(14)28(27)13-15/h4-5,14-16,19,21-24,29-31H,3,6-13H2,1-2H3/t14-,15-,16+,19+,21+,22-,23+,24-,26-,27+/m1/s1. The van der Waals surface area contributed by atoms with Gasteiger partial charge in [0, 0.05) is 18.2 Å². The first kappa shape index (κ1) is 19.5. The van der Waals surface area contributed by atoms with Gasteiger partial charge >= 0.3 is 0 Å². The van der Waals surface area contributed by atoms with Crippen molar-refractivity contribution in [3.05, 3.63) is 34.4 Å². The van der Waals surface area contributed by atoms with Crippen molar-refractivity contribution < 1.29 is 15.3 Å². The number of fused-ring (bicyclic) bond motifs is 9. The van der Waals surface area contributed by atoms with Gasteiger partial charge in [0.2, 0.25) is 0 Å². The monoisotopic (exact) mass is 423 g/mol. The zero-order chi connectivity index (χ0) is 21.3. The third-order valence-corrected chi connectivity index (χ3v) is 11.1. The average molecular weight is 424 g/mol. The van der Waals surface area contributed by atoms with Gasteiger partial charge in [0.15, 0.2) is 0 Å². The van der Waals surface area contributed by atoms with Gasteiger partial charge in [-0.2, -0.15) is 0 Å². The fraction of sp³-hybridized carbons (Fsp3) is 0.778. The zero-order valence-electron chi connectivity index (χ0n) is 18.9. The largest absolute Gasteiger partial charge is 0.393 e. The lowest BCUT2D eigenvalue weighted by molar-refractivity contribution is -0.124. The van der Waals surface area contributed by atoms with Crippen LogP contribution in [-0.2, 0) is 12.1 Å². The second-order valence-electron chi connectivity index (χ2n) is 12.3. The quantitative estimate of drug-likeness (QED) is 0.596. The molecule has 0 spiro atoms. The molecule has 6 aliphatic rings. The molecule has 4 fully saturated rings. The second kappa shape index (κ2) is 6.14. The van der Waals surface area contributed by atoms with E-state index in [-0.39, 0.29) is 23.5 Å². The molecule has 2 bridgehead atoms. The molecule has 7 rings (SSSR count). The van der Waals surface area contributed by atoms with Crippen LogP contribution in [0.25, 0.3) is 0 Å². The molecular weight excluding hydrogens is 386 g/mol. The van der Waals surface area contributed by atoms with Crippen LogP contribution >= 0.6 is 0 Å².